The van der Waals surface area contributed by atoms with Gasteiger partial charge in [0.05, 0.1) is 17.8 Å². The van der Waals surface area contributed by atoms with E-state index < -0.39 is 11.3 Å². The van der Waals surface area contributed by atoms with Crippen LogP contribution in [-0.2, 0) is 16.1 Å². The summed E-state index contributed by atoms with van der Waals surface area (Å²) in [6, 6.07) is 11.1. The number of rotatable bonds is 6. The third-order valence-corrected chi connectivity index (χ3v) is 4.72. The number of halogens is 1. The zero-order chi connectivity index (χ0) is 20.2. The molecule has 0 aliphatic carbocycles. The molecule has 0 spiro atoms. The molecule has 0 saturated heterocycles. The minimum atomic E-state index is -1.26. The number of carbonyl (C=O) groups excluding carboxylic acids is 2. The average molecular weight is 389 g/mol. The van der Waals surface area contributed by atoms with Crippen molar-refractivity contribution in [3.05, 3.63) is 58.1 Å². The van der Waals surface area contributed by atoms with Crippen LogP contribution in [0.5, 0.6) is 5.75 Å². The Balaban J connectivity index is 2.05. The van der Waals surface area contributed by atoms with Crippen LogP contribution >= 0.6 is 11.6 Å². The molecule has 0 atom stereocenters. The van der Waals surface area contributed by atoms with E-state index in [0.29, 0.717) is 17.3 Å². The Labute approximate surface area is 165 Å². The Morgan fingerprint density at radius 1 is 1.07 bits per heavy atom. The van der Waals surface area contributed by atoms with Crippen molar-refractivity contribution in [3.63, 3.8) is 0 Å². The van der Waals surface area contributed by atoms with Crippen LogP contribution < -0.4 is 15.4 Å². The number of hydrogen-bond acceptors (Lipinski definition) is 3. The number of benzene rings is 2. The van der Waals surface area contributed by atoms with Gasteiger partial charge in [-0.05, 0) is 62.6 Å². The van der Waals surface area contributed by atoms with Gasteiger partial charge < -0.3 is 15.4 Å². The first-order valence-corrected chi connectivity index (χ1v) is 9.02. The molecule has 5 nitrogen and oxygen atoms in total. The van der Waals surface area contributed by atoms with E-state index >= 15 is 0 Å². The number of anilines is 1. The molecule has 0 aliphatic rings. The summed E-state index contributed by atoms with van der Waals surface area (Å²) < 4.78 is 5.11. The zero-order valence-corrected chi connectivity index (χ0v) is 17.0. The molecule has 0 unspecified atom stereocenters. The molecule has 6 heteroatoms. The van der Waals surface area contributed by atoms with Crippen LogP contribution in [-0.4, -0.2) is 18.9 Å². The highest BCUT2D eigenvalue weighted by Crippen LogP contribution is 2.29. The summed E-state index contributed by atoms with van der Waals surface area (Å²) in [6.45, 7) is 7.29. The van der Waals surface area contributed by atoms with E-state index in [-0.39, 0.29) is 5.91 Å². The van der Waals surface area contributed by atoms with E-state index in [1.807, 2.05) is 44.2 Å². The Morgan fingerprint density at radius 2 is 1.70 bits per heavy atom. The highest BCUT2D eigenvalue weighted by molar-refractivity contribution is 6.34. The van der Waals surface area contributed by atoms with Gasteiger partial charge in [0.2, 0.25) is 11.8 Å². The lowest BCUT2D eigenvalue weighted by molar-refractivity contribution is -0.138. The standard InChI is InChI=1S/C21H25ClN2O3/c1-13-10-14(2)18(17(22)11-13)24-20(26)21(3,4)19(25)23-12-15-6-8-16(27-5)9-7-15/h6-11H,12H2,1-5H3,(H,23,25)(H,24,26). The molecule has 0 bridgehead atoms. The van der Waals surface area contributed by atoms with Gasteiger partial charge >= 0.3 is 0 Å². The average Bonchev–Trinajstić information content (AvgIpc) is 2.62. The molecule has 2 rings (SSSR count). The van der Waals surface area contributed by atoms with Crippen molar-refractivity contribution in [3.8, 4) is 5.75 Å². The van der Waals surface area contributed by atoms with Crippen molar-refractivity contribution in [1.82, 2.24) is 5.32 Å². The van der Waals surface area contributed by atoms with Crippen LogP contribution in [0.1, 0.15) is 30.5 Å². The summed E-state index contributed by atoms with van der Waals surface area (Å²) in [4.78, 5) is 25.3. The maximum atomic E-state index is 12.7. The Hall–Kier alpha value is -2.53. The fraction of sp³-hybridized carbons (Fsp3) is 0.333. The summed E-state index contributed by atoms with van der Waals surface area (Å²) in [5.41, 5.74) is 2.04. The first-order valence-electron chi connectivity index (χ1n) is 8.64. The van der Waals surface area contributed by atoms with E-state index in [1.165, 1.54) is 0 Å². The minimum absolute atomic E-state index is 0.323. The summed E-state index contributed by atoms with van der Waals surface area (Å²) in [7, 11) is 1.60. The van der Waals surface area contributed by atoms with Crippen LogP contribution in [0.25, 0.3) is 0 Å². The van der Waals surface area contributed by atoms with E-state index in [9.17, 15) is 9.59 Å². The number of nitrogens with one attached hydrogen (secondary N) is 2. The van der Waals surface area contributed by atoms with Crippen LogP contribution in [0.2, 0.25) is 5.02 Å². The van der Waals surface area contributed by atoms with E-state index in [4.69, 9.17) is 16.3 Å². The molecular weight excluding hydrogens is 364 g/mol. The van der Waals surface area contributed by atoms with Gasteiger partial charge in [0.25, 0.3) is 0 Å². The minimum Gasteiger partial charge on any atom is -0.497 e. The highest BCUT2D eigenvalue weighted by Gasteiger charge is 2.36. The van der Waals surface area contributed by atoms with E-state index in [2.05, 4.69) is 10.6 Å². The predicted molar refractivity (Wildman–Crippen MR) is 108 cm³/mol. The van der Waals surface area contributed by atoms with E-state index in [0.717, 1.165) is 22.4 Å². The van der Waals surface area contributed by atoms with Crippen molar-refractivity contribution in [2.24, 2.45) is 5.41 Å². The van der Waals surface area contributed by atoms with Gasteiger partial charge in [-0.25, -0.2) is 0 Å². The molecule has 2 N–H and O–H groups in total. The van der Waals surface area contributed by atoms with Crippen LogP contribution in [0.15, 0.2) is 36.4 Å². The number of ether oxygens (including phenoxy) is 1. The normalized spacial score (nSPS) is 11.0. The third-order valence-electron chi connectivity index (χ3n) is 4.42. The van der Waals surface area contributed by atoms with Crippen LogP contribution in [0.4, 0.5) is 5.69 Å². The smallest absolute Gasteiger partial charge is 0.239 e. The second-order valence-electron chi connectivity index (χ2n) is 7.05. The Kier molecular flexibility index (Phi) is 6.50. The fourth-order valence-corrected chi connectivity index (χ4v) is 2.96. The summed E-state index contributed by atoms with van der Waals surface area (Å²) in [5, 5.41) is 6.05. The highest BCUT2D eigenvalue weighted by atomic mass is 35.5. The molecule has 2 aromatic carbocycles. The maximum absolute atomic E-state index is 12.7. The molecule has 0 radical (unpaired) electrons. The summed E-state index contributed by atoms with van der Waals surface area (Å²) >= 11 is 6.25. The van der Waals surface area contributed by atoms with Crippen molar-refractivity contribution in [2.45, 2.75) is 34.2 Å². The molecule has 0 saturated carbocycles. The predicted octanol–water partition coefficient (Wildman–Crippen LogP) is 4.25. The van der Waals surface area contributed by atoms with Gasteiger partial charge in [-0.3, -0.25) is 9.59 Å². The summed E-state index contributed by atoms with van der Waals surface area (Å²) in [6.07, 6.45) is 0. The summed E-state index contributed by atoms with van der Waals surface area (Å²) in [5.74, 6) is -0.0320. The SMILES string of the molecule is COc1ccc(CNC(=O)C(C)(C)C(=O)Nc2c(C)cc(C)cc2Cl)cc1. The largest absolute Gasteiger partial charge is 0.497 e. The number of methoxy groups -OCH3 is 1. The molecule has 0 aliphatic heterocycles. The number of amides is 2. The number of carbonyl (C=O) groups is 2. The second-order valence-corrected chi connectivity index (χ2v) is 7.46. The lowest BCUT2D eigenvalue weighted by atomic mass is 9.90. The van der Waals surface area contributed by atoms with Crippen LogP contribution in [0, 0.1) is 19.3 Å². The molecule has 27 heavy (non-hydrogen) atoms. The fourth-order valence-electron chi connectivity index (χ4n) is 2.59. The molecule has 144 valence electrons. The number of hydrogen-bond donors (Lipinski definition) is 2. The lowest BCUT2D eigenvalue weighted by Crippen LogP contribution is -2.45. The first kappa shape index (κ1) is 20.8. The third kappa shape index (κ3) is 5.01. The van der Waals surface area contributed by atoms with Crippen molar-refractivity contribution < 1.29 is 14.3 Å². The quantitative estimate of drug-likeness (QED) is 0.727. The molecule has 0 heterocycles. The van der Waals surface area contributed by atoms with Crippen molar-refractivity contribution >= 4 is 29.1 Å². The lowest BCUT2D eigenvalue weighted by Gasteiger charge is -2.24. The van der Waals surface area contributed by atoms with E-state index in [1.54, 1.807) is 27.0 Å². The Morgan fingerprint density at radius 3 is 2.26 bits per heavy atom. The van der Waals surface area contributed by atoms with Gasteiger partial charge in [-0.15, -0.1) is 0 Å². The van der Waals surface area contributed by atoms with Gasteiger partial charge in [0.1, 0.15) is 11.2 Å². The molecule has 2 aromatic rings. The topological polar surface area (TPSA) is 67.4 Å². The maximum Gasteiger partial charge on any atom is 0.239 e. The van der Waals surface area contributed by atoms with Crippen LogP contribution in [0.3, 0.4) is 0 Å². The monoisotopic (exact) mass is 388 g/mol. The molecule has 2 amide bonds. The zero-order valence-electron chi connectivity index (χ0n) is 16.3. The van der Waals surface area contributed by atoms with Gasteiger partial charge in [-0.2, -0.15) is 0 Å². The first-order chi connectivity index (χ1) is 12.6. The molecular formula is C21H25ClN2O3. The molecule has 0 aromatic heterocycles. The Bertz CT molecular complexity index is 822. The van der Waals surface area contributed by atoms with Crippen molar-refractivity contribution in [2.75, 3.05) is 12.4 Å². The van der Waals surface area contributed by atoms with Gasteiger partial charge in [0, 0.05) is 6.54 Å². The van der Waals surface area contributed by atoms with Crippen molar-refractivity contribution in [1.29, 1.82) is 0 Å². The number of aryl methyl sites for hydroxylation is 2. The van der Waals surface area contributed by atoms with Gasteiger partial charge in [-0.1, -0.05) is 29.8 Å². The van der Waals surface area contributed by atoms with Gasteiger partial charge in [0.15, 0.2) is 0 Å². The second kappa shape index (κ2) is 8.44. The molecule has 0 fully saturated rings.